The molecule has 0 saturated heterocycles. The average molecular weight is 279 g/mol. The van der Waals surface area contributed by atoms with Crippen molar-refractivity contribution in [3.8, 4) is 0 Å². The van der Waals surface area contributed by atoms with Gasteiger partial charge in [-0.1, -0.05) is 0 Å². The molecule has 1 N–H and O–H groups in total. The largest absolute Gasteiger partial charge is 0.471 e. The smallest absolute Gasteiger partial charge is 0.313 e. The minimum atomic E-state index is -5.54. The predicted octanol–water partition coefficient (Wildman–Crippen LogP) is 2.88. The highest BCUT2D eigenvalue weighted by molar-refractivity contribution is 5.95. The molecule has 18 heavy (non-hydrogen) atoms. The molecule has 0 heterocycles. The number of alkyl halides is 3. The third kappa shape index (κ3) is 2.36. The van der Waals surface area contributed by atoms with Gasteiger partial charge in [0.2, 0.25) is 5.82 Å². The Bertz CT molecular complexity index is 480. The minimum Gasteiger partial charge on any atom is -0.313 e. The van der Waals surface area contributed by atoms with E-state index < -0.39 is 46.9 Å². The van der Waals surface area contributed by atoms with Crippen LogP contribution in [0.4, 0.5) is 40.8 Å². The second-order valence-corrected chi connectivity index (χ2v) is 2.90. The quantitative estimate of drug-likeness (QED) is 0.478. The Hall–Kier alpha value is -1.87. The summed E-state index contributed by atoms with van der Waals surface area (Å²) in [6.45, 7) is 0. The van der Waals surface area contributed by atoms with Gasteiger partial charge in [0.05, 0.1) is 0 Å². The van der Waals surface area contributed by atoms with E-state index in [4.69, 9.17) is 0 Å². The first-order chi connectivity index (χ1) is 8.07. The number of benzene rings is 1. The van der Waals surface area contributed by atoms with E-state index in [9.17, 15) is 39.9 Å². The highest BCUT2D eigenvalue weighted by Gasteiger charge is 2.40. The van der Waals surface area contributed by atoms with Gasteiger partial charge in [-0.05, 0) is 0 Å². The molecule has 1 rings (SSSR count). The van der Waals surface area contributed by atoms with Crippen molar-refractivity contribution in [2.45, 2.75) is 6.18 Å². The van der Waals surface area contributed by atoms with Gasteiger partial charge >= 0.3 is 12.1 Å². The van der Waals surface area contributed by atoms with Crippen LogP contribution in [0, 0.1) is 29.1 Å². The van der Waals surface area contributed by atoms with E-state index in [0.717, 1.165) is 0 Å². The third-order valence-electron chi connectivity index (χ3n) is 1.71. The third-order valence-corrected chi connectivity index (χ3v) is 1.71. The Morgan fingerprint density at radius 2 is 1.11 bits per heavy atom. The van der Waals surface area contributed by atoms with E-state index in [-0.39, 0.29) is 0 Å². The molecule has 0 unspecified atom stereocenters. The fourth-order valence-corrected chi connectivity index (χ4v) is 0.899. The van der Waals surface area contributed by atoms with Crippen molar-refractivity contribution in [1.82, 2.24) is 0 Å². The van der Waals surface area contributed by atoms with E-state index >= 15 is 0 Å². The first-order valence-corrected chi connectivity index (χ1v) is 3.97. The van der Waals surface area contributed by atoms with Gasteiger partial charge in [0, 0.05) is 0 Å². The molecule has 100 valence electrons. The van der Waals surface area contributed by atoms with Crippen molar-refractivity contribution >= 4 is 11.6 Å². The normalized spacial score (nSPS) is 11.6. The van der Waals surface area contributed by atoms with Crippen molar-refractivity contribution in [1.29, 1.82) is 0 Å². The second kappa shape index (κ2) is 4.42. The Balaban J connectivity index is 3.31. The molecule has 1 amide bonds. The standard InChI is InChI=1S/C8HF8NO/c9-1-2(10)4(12)6(5(13)3(1)11)17-7(18)8(14,15)16/h(H,17,18). The Labute approximate surface area is 93.2 Å². The fourth-order valence-electron chi connectivity index (χ4n) is 0.899. The molecule has 0 spiro atoms. The van der Waals surface area contributed by atoms with E-state index in [1.54, 1.807) is 0 Å². The Morgan fingerprint density at radius 1 is 0.778 bits per heavy atom. The maximum atomic E-state index is 12.8. The van der Waals surface area contributed by atoms with Crippen LogP contribution in [-0.4, -0.2) is 12.1 Å². The molecule has 2 nitrogen and oxygen atoms in total. The highest BCUT2D eigenvalue weighted by Crippen LogP contribution is 2.28. The van der Waals surface area contributed by atoms with E-state index in [0.29, 0.717) is 5.32 Å². The number of carbonyl (C=O) groups is 1. The first kappa shape index (κ1) is 14.2. The van der Waals surface area contributed by atoms with Gasteiger partial charge in [0.1, 0.15) is 5.69 Å². The molecule has 0 aliphatic rings. The van der Waals surface area contributed by atoms with Crippen LogP contribution in [0.25, 0.3) is 0 Å². The number of anilines is 1. The maximum absolute atomic E-state index is 12.8. The number of amides is 1. The Kier molecular flexibility index (Phi) is 3.49. The van der Waals surface area contributed by atoms with Gasteiger partial charge in [0.15, 0.2) is 23.3 Å². The van der Waals surface area contributed by atoms with Crippen LogP contribution in [0.1, 0.15) is 0 Å². The number of hydrogen-bond donors (Lipinski definition) is 1. The molecule has 1 aromatic carbocycles. The van der Waals surface area contributed by atoms with Crippen LogP contribution in [0.2, 0.25) is 0 Å². The summed E-state index contributed by atoms with van der Waals surface area (Å²) < 4.78 is 98.6. The van der Waals surface area contributed by atoms with Crippen LogP contribution in [-0.2, 0) is 4.79 Å². The van der Waals surface area contributed by atoms with Gasteiger partial charge in [-0.3, -0.25) is 4.79 Å². The molecule has 0 radical (unpaired) electrons. The summed E-state index contributed by atoms with van der Waals surface area (Å²) in [5, 5.41) is 0.567. The molecule has 1 aromatic rings. The van der Waals surface area contributed by atoms with Crippen LogP contribution >= 0.6 is 0 Å². The zero-order valence-corrected chi connectivity index (χ0v) is 7.93. The van der Waals surface area contributed by atoms with Crippen molar-refractivity contribution in [2.75, 3.05) is 5.32 Å². The molecule has 0 aliphatic carbocycles. The Morgan fingerprint density at radius 3 is 1.44 bits per heavy atom. The summed E-state index contributed by atoms with van der Waals surface area (Å²) in [6.07, 6.45) is -5.54. The van der Waals surface area contributed by atoms with Gasteiger partial charge < -0.3 is 5.32 Å². The first-order valence-electron chi connectivity index (χ1n) is 3.97. The van der Waals surface area contributed by atoms with Crippen molar-refractivity contribution in [2.24, 2.45) is 0 Å². The summed E-state index contributed by atoms with van der Waals surface area (Å²) in [7, 11) is 0. The molecular weight excluding hydrogens is 278 g/mol. The zero-order valence-electron chi connectivity index (χ0n) is 7.93. The lowest BCUT2D eigenvalue weighted by molar-refractivity contribution is -0.167. The highest BCUT2D eigenvalue weighted by atomic mass is 19.4. The van der Waals surface area contributed by atoms with Gasteiger partial charge in [0.25, 0.3) is 0 Å². The average Bonchev–Trinajstić information content (AvgIpc) is 2.28. The van der Waals surface area contributed by atoms with Gasteiger partial charge in [-0.15, -0.1) is 0 Å². The number of halogens is 8. The summed E-state index contributed by atoms with van der Waals surface area (Å²) >= 11 is 0. The number of carbonyl (C=O) groups excluding carboxylic acids is 1. The molecule has 10 heteroatoms. The van der Waals surface area contributed by atoms with E-state index in [1.807, 2.05) is 0 Å². The second-order valence-electron chi connectivity index (χ2n) is 2.90. The van der Waals surface area contributed by atoms with Crippen molar-refractivity contribution < 1.29 is 39.9 Å². The summed E-state index contributed by atoms with van der Waals surface area (Å²) in [6, 6.07) is 0. The molecular formula is C8HF8NO. The lowest BCUT2D eigenvalue weighted by Gasteiger charge is -2.11. The maximum Gasteiger partial charge on any atom is 0.471 e. The van der Waals surface area contributed by atoms with Crippen molar-refractivity contribution in [3.63, 3.8) is 0 Å². The summed E-state index contributed by atoms with van der Waals surface area (Å²) in [5.41, 5.74) is -2.06. The molecule has 0 fully saturated rings. The lowest BCUT2D eigenvalue weighted by atomic mass is 10.2. The number of hydrogen-bond acceptors (Lipinski definition) is 1. The zero-order chi connectivity index (χ0) is 14.2. The SMILES string of the molecule is O=C(Nc1c(F)c(F)c(F)c(F)c1F)C(F)(F)F. The van der Waals surface area contributed by atoms with Crippen LogP contribution in [0.15, 0.2) is 0 Å². The van der Waals surface area contributed by atoms with Gasteiger partial charge in [-0.2, -0.15) is 13.2 Å². The molecule has 0 atom stereocenters. The van der Waals surface area contributed by atoms with E-state index in [2.05, 4.69) is 0 Å². The van der Waals surface area contributed by atoms with Crippen LogP contribution in [0.5, 0.6) is 0 Å². The topological polar surface area (TPSA) is 29.1 Å². The van der Waals surface area contributed by atoms with Gasteiger partial charge in [-0.25, -0.2) is 22.0 Å². The fraction of sp³-hybridized carbons (Fsp3) is 0.125. The number of nitrogens with one attached hydrogen (secondary N) is 1. The molecule has 0 saturated carbocycles. The van der Waals surface area contributed by atoms with Crippen molar-refractivity contribution in [3.05, 3.63) is 29.1 Å². The van der Waals surface area contributed by atoms with E-state index in [1.165, 1.54) is 0 Å². The molecule has 0 bridgehead atoms. The lowest BCUT2D eigenvalue weighted by Crippen LogP contribution is -2.31. The van der Waals surface area contributed by atoms with Crippen LogP contribution in [0.3, 0.4) is 0 Å². The minimum absolute atomic E-state index is 0.567. The molecule has 0 aromatic heterocycles. The summed E-state index contributed by atoms with van der Waals surface area (Å²) in [4.78, 5) is 10.3. The predicted molar refractivity (Wildman–Crippen MR) is 40.9 cm³/mol. The molecule has 0 aliphatic heterocycles. The number of rotatable bonds is 1. The monoisotopic (exact) mass is 279 g/mol. The van der Waals surface area contributed by atoms with Crippen LogP contribution < -0.4 is 5.32 Å². The summed E-state index contributed by atoms with van der Waals surface area (Å²) in [5.74, 6) is -15.5.